The highest BCUT2D eigenvalue weighted by Crippen LogP contribution is 2.48. The minimum atomic E-state index is -2.85. The number of piperidine rings is 1. The quantitative estimate of drug-likeness (QED) is 0.742. The van der Waals surface area contributed by atoms with Gasteiger partial charge in [0.15, 0.2) is 5.60 Å². The minimum Gasteiger partial charge on any atom is -0.463 e. The fourth-order valence-electron chi connectivity index (χ4n) is 4.17. The molecule has 0 spiro atoms. The van der Waals surface area contributed by atoms with Crippen LogP contribution in [0.4, 0.5) is 8.78 Å². The summed E-state index contributed by atoms with van der Waals surface area (Å²) < 4.78 is 33.1. The number of halogens is 2. The van der Waals surface area contributed by atoms with Crippen LogP contribution in [0.25, 0.3) is 0 Å². The molecule has 0 radical (unpaired) electrons. The Hall–Kier alpha value is -1.53. The summed E-state index contributed by atoms with van der Waals surface area (Å²) in [7, 11) is 0. The van der Waals surface area contributed by atoms with Crippen LogP contribution in [0.1, 0.15) is 50.2 Å². The Bertz CT molecular complexity index is 643. The van der Waals surface area contributed by atoms with Crippen molar-refractivity contribution in [3.05, 3.63) is 35.4 Å². The number of nitrogens with one attached hydrogen (secondary N) is 1. The van der Waals surface area contributed by atoms with Gasteiger partial charge in [-0.1, -0.05) is 31.2 Å². The molecule has 27 heavy (non-hydrogen) atoms. The first kappa shape index (κ1) is 20.2. The van der Waals surface area contributed by atoms with Crippen LogP contribution in [0, 0.1) is 11.8 Å². The first-order valence-corrected chi connectivity index (χ1v) is 9.92. The fraction of sp³-hybridized carbons (Fsp3) is 0.667. The maximum atomic E-state index is 13.8. The summed E-state index contributed by atoms with van der Waals surface area (Å²) in [5.74, 6) is -4.25. The number of hydrogen-bond donors (Lipinski definition) is 2. The summed E-state index contributed by atoms with van der Waals surface area (Å²) in [6, 6.07) is 6.99. The molecule has 1 aromatic carbocycles. The summed E-state index contributed by atoms with van der Waals surface area (Å²) >= 11 is 0. The van der Waals surface area contributed by atoms with Crippen LogP contribution in [0.5, 0.6) is 0 Å². The van der Waals surface area contributed by atoms with E-state index in [4.69, 9.17) is 4.74 Å². The van der Waals surface area contributed by atoms with Crippen molar-refractivity contribution in [2.45, 2.75) is 57.0 Å². The number of carbonyl (C=O) groups excluding carboxylic acids is 1. The van der Waals surface area contributed by atoms with Gasteiger partial charge in [0, 0.05) is 18.8 Å². The number of esters is 1. The number of alkyl halides is 2. The summed E-state index contributed by atoms with van der Waals surface area (Å²) in [6.45, 7) is 3.98. The molecule has 0 amide bonds. The number of ether oxygens (including phenoxy) is 1. The lowest BCUT2D eigenvalue weighted by atomic mass is 9.79. The second-order valence-corrected chi connectivity index (χ2v) is 7.90. The van der Waals surface area contributed by atoms with Crippen molar-refractivity contribution in [1.82, 2.24) is 5.32 Å². The lowest BCUT2D eigenvalue weighted by Crippen LogP contribution is -2.45. The van der Waals surface area contributed by atoms with Gasteiger partial charge in [0.25, 0.3) is 0 Å². The molecule has 0 unspecified atom stereocenters. The van der Waals surface area contributed by atoms with Crippen molar-refractivity contribution in [1.29, 1.82) is 0 Å². The molecule has 1 heterocycles. The van der Waals surface area contributed by atoms with E-state index in [2.05, 4.69) is 5.32 Å². The maximum Gasteiger partial charge on any atom is 0.343 e. The Kier molecular flexibility index (Phi) is 6.16. The van der Waals surface area contributed by atoms with E-state index in [-0.39, 0.29) is 25.4 Å². The van der Waals surface area contributed by atoms with Crippen LogP contribution < -0.4 is 5.32 Å². The summed E-state index contributed by atoms with van der Waals surface area (Å²) in [5.41, 5.74) is -0.627. The molecule has 1 aliphatic heterocycles. The monoisotopic (exact) mass is 381 g/mol. The largest absolute Gasteiger partial charge is 0.463 e. The van der Waals surface area contributed by atoms with Gasteiger partial charge in [-0.3, -0.25) is 0 Å². The van der Waals surface area contributed by atoms with E-state index in [9.17, 15) is 18.7 Å². The highest BCUT2D eigenvalue weighted by atomic mass is 19.3. The third-order valence-corrected chi connectivity index (χ3v) is 6.02. The summed E-state index contributed by atoms with van der Waals surface area (Å²) in [6.07, 6.45) is 1.91. The fourth-order valence-corrected chi connectivity index (χ4v) is 4.17. The second kappa shape index (κ2) is 8.23. The van der Waals surface area contributed by atoms with Gasteiger partial charge >= 0.3 is 5.97 Å². The standard InChI is InChI=1S/C21H29F2NO3/c1-2-15-3-5-17(6-4-15)21(26,18-7-10-20(22,23)13-18)19(25)27-14-16-8-11-24-12-9-16/h3-6,16,18,24,26H,2,7-14H2,1H3/t18-,21+/m1/s1. The third kappa shape index (κ3) is 4.49. The molecule has 3 rings (SSSR count). The van der Waals surface area contributed by atoms with Crippen molar-refractivity contribution in [3.63, 3.8) is 0 Å². The number of hydrogen-bond acceptors (Lipinski definition) is 4. The van der Waals surface area contributed by atoms with Crippen LogP contribution in [0.2, 0.25) is 0 Å². The van der Waals surface area contributed by atoms with Crippen molar-refractivity contribution < 1.29 is 23.4 Å². The van der Waals surface area contributed by atoms with Gasteiger partial charge in [0.2, 0.25) is 5.92 Å². The lowest BCUT2D eigenvalue weighted by Gasteiger charge is -2.33. The molecule has 1 saturated carbocycles. The third-order valence-electron chi connectivity index (χ3n) is 6.02. The van der Waals surface area contributed by atoms with Crippen molar-refractivity contribution >= 4 is 5.97 Å². The molecule has 0 bridgehead atoms. The molecule has 4 nitrogen and oxygen atoms in total. The molecule has 0 aromatic heterocycles. The van der Waals surface area contributed by atoms with Gasteiger partial charge in [-0.2, -0.15) is 0 Å². The van der Waals surface area contributed by atoms with E-state index in [0.29, 0.717) is 5.56 Å². The zero-order chi connectivity index (χ0) is 19.5. The molecule has 2 N–H and O–H groups in total. The Labute approximate surface area is 159 Å². The van der Waals surface area contributed by atoms with Crippen molar-refractivity contribution in [2.75, 3.05) is 19.7 Å². The predicted molar refractivity (Wildman–Crippen MR) is 98.6 cm³/mol. The Morgan fingerprint density at radius 1 is 1.26 bits per heavy atom. The Morgan fingerprint density at radius 2 is 1.93 bits per heavy atom. The van der Waals surface area contributed by atoms with Gasteiger partial charge in [0.05, 0.1) is 6.61 Å². The topological polar surface area (TPSA) is 58.6 Å². The van der Waals surface area contributed by atoms with Crippen LogP contribution in [-0.2, 0) is 21.6 Å². The predicted octanol–water partition coefficient (Wildman–Crippen LogP) is 3.41. The lowest BCUT2D eigenvalue weighted by molar-refractivity contribution is -0.176. The Balaban J connectivity index is 1.80. The van der Waals surface area contributed by atoms with Crippen LogP contribution in [0.15, 0.2) is 24.3 Å². The molecule has 6 heteroatoms. The molecular formula is C21H29F2NO3. The minimum absolute atomic E-state index is 0.0987. The number of carbonyl (C=O) groups is 1. The van der Waals surface area contributed by atoms with Gasteiger partial charge in [0.1, 0.15) is 0 Å². The number of rotatable bonds is 6. The summed E-state index contributed by atoms with van der Waals surface area (Å²) in [4.78, 5) is 12.9. The maximum absolute atomic E-state index is 13.8. The first-order valence-electron chi connectivity index (χ1n) is 9.92. The van der Waals surface area contributed by atoms with E-state index in [1.165, 1.54) is 0 Å². The van der Waals surface area contributed by atoms with E-state index in [1.54, 1.807) is 12.1 Å². The van der Waals surface area contributed by atoms with Crippen LogP contribution in [-0.4, -0.2) is 36.7 Å². The van der Waals surface area contributed by atoms with Gasteiger partial charge in [-0.25, -0.2) is 13.6 Å². The molecule has 1 aromatic rings. The molecule has 2 aliphatic rings. The second-order valence-electron chi connectivity index (χ2n) is 7.90. The smallest absolute Gasteiger partial charge is 0.343 e. The summed E-state index contributed by atoms with van der Waals surface area (Å²) in [5, 5.41) is 14.6. The molecule has 1 saturated heterocycles. The van der Waals surface area contributed by atoms with Crippen LogP contribution >= 0.6 is 0 Å². The molecule has 2 fully saturated rings. The highest BCUT2D eigenvalue weighted by Gasteiger charge is 2.54. The Morgan fingerprint density at radius 3 is 2.48 bits per heavy atom. The van der Waals surface area contributed by atoms with E-state index >= 15 is 0 Å². The molecule has 150 valence electrons. The van der Waals surface area contributed by atoms with E-state index in [0.717, 1.165) is 37.9 Å². The van der Waals surface area contributed by atoms with Gasteiger partial charge in [-0.05, 0) is 55.8 Å². The zero-order valence-electron chi connectivity index (χ0n) is 15.8. The zero-order valence-corrected chi connectivity index (χ0v) is 15.8. The average Bonchev–Trinajstić information content (AvgIpc) is 3.06. The van der Waals surface area contributed by atoms with Gasteiger partial charge < -0.3 is 15.2 Å². The van der Waals surface area contributed by atoms with Gasteiger partial charge in [-0.15, -0.1) is 0 Å². The number of aryl methyl sites for hydroxylation is 1. The van der Waals surface area contributed by atoms with Crippen molar-refractivity contribution in [3.8, 4) is 0 Å². The highest BCUT2D eigenvalue weighted by molar-refractivity contribution is 5.81. The molecule has 1 aliphatic carbocycles. The van der Waals surface area contributed by atoms with E-state index < -0.39 is 29.8 Å². The SMILES string of the molecule is CCc1ccc([C@@](O)(C(=O)OCC2CCNCC2)[C@@H]2CCC(F)(F)C2)cc1. The van der Waals surface area contributed by atoms with E-state index in [1.807, 2.05) is 19.1 Å². The van der Waals surface area contributed by atoms with Crippen LogP contribution in [0.3, 0.4) is 0 Å². The number of benzene rings is 1. The van der Waals surface area contributed by atoms with Crippen molar-refractivity contribution in [2.24, 2.45) is 11.8 Å². The molecular weight excluding hydrogens is 352 g/mol. The first-order chi connectivity index (χ1) is 12.8. The molecule has 2 atom stereocenters. The number of aliphatic hydroxyl groups is 1. The average molecular weight is 381 g/mol. The normalized spacial score (nSPS) is 25.1.